The molecule has 1 N–H and O–H groups in total. The SMILES string of the molecule is O=C(Nc1cc(Br)cnc1Cl)c1cnns1. The van der Waals surface area contributed by atoms with Crippen molar-refractivity contribution in [1.82, 2.24) is 14.6 Å². The van der Waals surface area contributed by atoms with Gasteiger partial charge in [0.25, 0.3) is 5.91 Å². The van der Waals surface area contributed by atoms with Crippen molar-refractivity contribution in [1.29, 1.82) is 0 Å². The second-order valence-corrected chi connectivity index (χ2v) is 4.79. The summed E-state index contributed by atoms with van der Waals surface area (Å²) in [5.41, 5.74) is 0.439. The van der Waals surface area contributed by atoms with Crippen LogP contribution in [-0.4, -0.2) is 20.5 Å². The van der Waals surface area contributed by atoms with Crippen LogP contribution in [0.5, 0.6) is 0 Å². The Morgan fingerprint density at radius 2 is 2.31 bits per heavy atom. The maximum absolute atomic E-state index is 11.7. The molecule has 5 nitrogen and oxygen atoms in total. The Hall–Kier alpha value is -1.05. The topological polar surface area (TPSA) is 67.8 Å². The van der Waals surface area contributed by atoms with E-state index in [9.17, 15) is 4.79 Å². The molecule has 0 fully saturated rings. The summed E-state index contributed by atoms with van der Waals surface area (Å²) in [7, 11) is 0. The Kier molecular flexibility index (Phi) is 3.47. The monoisotopic (exact) mass is 318 g/mol. The number of hydrogen-bond donors (Lipinski definition) is 1. The van der Waals surface area contributed by atoms with Gasteiger partial charge in [0, 0.05) is 10.7 Å². The Morgan fingerprint density at radius 1 is 1.50 bits per heavy atom. The molecule has 16 heavy (non-hydrogen) atoms. The Bertz CT molecular complexity index is 519. The van der Waals surface area contributed by atoms with Gasteiger partial charge in [0.15, 0.2) is 5.15 Å². The predicted octanol–water partition coefficient (Wildman–Crippen LogP) is 2.60. The van der Waals surface area contributed by atoms with Gasteiger partial charge < -0.3 is 5.32 Å². The fourth-order valence-corrected chi connectivity index (χ4v) is 1.85. The van der Waals surface area contributed by atoms with E-state index in [4.69, 9.17) is 11.6 Å². The van der Waals surface area contributed by atoms with Crippen LogP contribution in [0.2, 0.25) is 5.15 Å². The minimum Gasteiger partial charge on any atom is -0.318 e. The fraction of sp³-hybridized carbons (Fsp3) is 0. The molecular formula is C8H4BrClN4OS. The molecule has 0 aliphatic heterocycles. The lowest BCUT2D eigenvalue weighted by Gasteiger charge is -2.04. The molecule has 2 rings (SSSR count). The van der Waals surface area contributed by atoms with Gasteiger partial charge in [-0.3, -0.25) is 4.79 Å². The molecule has 2 heterocycles. The number of rotatable bonds is 2. The van der Waals surface area contributed by atoms with E-state index in [2.05, 4.69) is 35.8 Å². The Labute approximate surface area is 108 Å². The normalized spacial score (nSPS) is 10.1. The first-order valence-corrected chi connectivity index (χ1v) is 6.01. The van der Waals surface area contributed by atoms with Crippen molar-refractivity contribution in [2.45, 2.75) is 0 Å². The Balaban J connectivity index is 2.21. The van der Waals surface area contributed by atoms with Crippen molar-refractivity contribution in [2.24, 2.45) is 0 Å². The highest BCUT2D eigenvalue weighted by molar-refractivity contribution is 9.10. The quantitative estimate of drug-likeness (QED) is 0.864. The summed E-state index contributed by atoms with van der Waals surface area (Å²) in [6.07, 6.45) is 2.94. The van der Waals surface area contributed by atoms with Gasteiger partial charge in [0.1, 0.15) is 4.88 Å². The smallest absolute Gasteiger partial charge is 0.269 e. The summed E-state index contributed by atoms with van der Waals surface area (Å²) in [6.45, 7) is 0. The van der Waals surface area contributed by atoms with E-state index in [1.165, 1.54) is 6.20 Å². The first kappa shape index (κ1) is 11.4. The van der Waals surface area contributed by atoms with Gasteiger partial charge in [-0.25, -0.2) is 4.98 Å². The third-order valence-corrected chi connectivity index (χ3v) is 3.04. The van der Waals surface area contributed by atoms with Crippen LogP contribution < -0.4 is 5.32 Å². The fourth-order valence-electron chi connectivity index (χ4n) is 0.961. The van der Waals surface area contributed by atoms with E-state index in [0.29, 0.717) is 10.6 Å². The van der Waals surface area contributed by atoms with E-state index >= 15 is 0 Å². The number of hydrogen-bond acceptors (Lipinski definition) is 5. The maximum Gasteiger partial charge on any atom is 0.269 e. The molecule has 8 heteroatoms. The second-order valence-electron chi connectivity index (χ2n) is 2.73. The average molecular weight is 320 g/mol. The van der Waals surface area contributed by atoms with Crippen LogP contribution in [0.3, 0.4) is 0 Å². The van der Waals surface area contributed by atoms with Gasteiger partial charge in [0.05, 0.1) is 11.9 Å². The molecule has 0 radical (unpaired) electrons. The van der Waals surface area contributed by atoms with Crippen LogP contribution in [-0.2, 0) is 0 Å². The van der Waals surface area contributed by atoms with Crippen LogP contribution in [0, 0.1) is 0 Å². The summed E-state index contributed by atoms with van der Waals surface area (Å²) < 4.78 is 4.33. The van der Waals surface area contributed by atoms with Crippen LogP contribution >= 0.6 is 39.1 Å². The molecule has 0 aliphatic carbocycles. The zero-order valence-electron chi connectivity index (χ0n) is 7.65. The standard InChI is InChI=1S/C8H4BrClN4OS/c9-4-1-5(7(10)11-2-4)13-8(15)6-3-12-14-16-6/h1-3H,(H,13,15). The highest BCUT2D eigenvalue weighted by Crippen LogP contribution is 2.23. The molecule has 1 amide bonds. The lowest BCUT2D eigenvalue weighted by Crippen LogP contribution is -2.10. The average Bonchev–Trinajstić information content (AvgIpc) is 2.76. The molecule has 0 aromatic carbocycles. The summed E-state index contributed by atoms with van der Waals surface area (Å²) in [4.78, 5) is 16.0. The first-order valence-electron chi connectivity index (χ1n) is 4.06. The van der Waals surface area contributed by atoms with Gasteiger partial charge in [0.2, 0.25) is 0 Å². The molecule has 0 saturated heterocycles. The molecule has 0 spiro atoms. The number of carbonyl (C=O) groups is 1. The number of aromatic nitrogens is 3. The van der Waals surface area contributed by atoms with Crippen molar-refractivity contribution in [3.05, 3.63) is 33.0 Å². The molecule has 0 bridgehead atoms. The minimum absolute atomic E-state index is 0.231. The molecule has 0 unspecified atom stereocenters. The summed E-state index contributed by atoms with van der Waals surface area (Å²) >= 11 is 10.1. The van der Waals surface area contributed by atoms with Gasteiger partial charge in [-0.05, 0) is 33.5 Å². The number of carbonyl (C=O) groups excluding carboxylic acids is 1. The van der Waals surface area contributed by atoms with E-state index in [0.717, 1.165) is 16.0 Å². The number of anilines is 1. The predicted molar refractivity (Wildman–Crippen MR) is 64.8 cm³/mol. The minimum atomic E-state index is -0.309. The molecule has 0 atom stereocenters. The molecule has 0 aliphatic rings. The summed E-state index contributed by atoms with van der Waals surface area (Å²) in [5.74, 6) is -0.309. The van der Waals surface area contributed by atoms with Crippen molar-refractivity contribution in [3.8, 4) is 0 Å². The van der Waals surface area contributed by atoms with E-state index < -0.39 is 0 Å². The number of nitrogens with one attached hydrogen (secondary N) is 1. The Morgan fingerprint density at radius 3 is 3.00 bits per heavy atom. The van der Waals surface area contributed by atoms with Crippen molar-refractivity contribution < 1.29 is 4.79 Å². The lowest BCUT2D eigenvalue weighted by atomic mass is 10.4. The number of nitrogens with zero attached hydrogens (tertiary/aromatic N) is 3. The highest BCUT2D eigenvalue weighted by Gasteiger charge is 2.11. The zero-order chi connectivity index (χ0) is 11.5. The number of halogens is 2. The third-order valence-electron chi connectivity index (χ3n) is 1.64. The van der Waals surface area contributed by atoms with E-state index in [-0.39, 0.29) is 11.1 Å². The van der Waals surface area contributed by atoms with Gasteiger partial charge in [-0.2, -0.15) is 0 Å². The van der Waals surface area contributed by atoms with Crippen LogP contribution in [0.4, 0.5) is 5.69 Å². The molecule has 2 aromatic heterocycles. The van der Waals surface area contributed by atoms with E-state index in [1.807, 2.05) is 0 Å². The number of amides is 1. The zero-order valence-corrected chi connectivity index (χ0v) is 10.8. The van der Waals surface area contributed by atoms with E-state index in [1.54, 1.807) is 12.3 Å². The molecule has 2 aromatic rings. The van der Waals surface area contributed by atoms with Gasteiger partial charge >= 0.3 is 0 Å². The highest BCUT2D eigenvalue weighted by atomic mass is 79.9. The summed E-state index contributed by atoms with van der Waals surface area (Å²) in [6, 6.07) is 1.67. The summed E-state index contributed by atoms with van der Waals surface area (Å²) in [5, 5.41) is 6.43. The first-order chi connectivity index (χ1) is 7.66. The molecule has 82 valence electrons. The van der Waals surface area contributed by atoms with Gasteiger partial charge in [-0.15, -0.1) is 5.10 Å². The van der Waals surface area contributed by atoms with Gasteiger partial charge in [-0.1, -0.05) is 16.1 Å². The third kappa shape index (κ3) is 2.55. The molecule has 0 saturated carbocycles. The second kappa shape index (κ2) is 4.86. The van der Waals surface area contributed by atoms with Crippen LogP contribution in [0.25, 0.3) is 0 Å². The van der Waals surface area contributed by atoms with Crippen LogP contribution in [0.1, 0.15) is 9.67 Å². The van der Waals surface area contributed by atoms with Crippen molar-refractivity contribution >= 4 is 50.7 Å². The van der Waals surface area contributed by atoms with Crippen molar-refractivity contribution in [2.75, 3.05) is 5.32 Å². The van der Waals surface area contributed by atoms with Crippen molar-refractivity contribution in [3.63, 3.8) is 0 Å². The lowest BCUT2D eigenvalue weighted by molar-refractivity contribution is 0.103. The molecular weight excluding hydrogens is 316 g/mol. The largest absolute Gasteiger partial charge is 0.318 e. The number of pyridine rings is 1. The maximum atomic E-state index is 11.7. The van der Waals surface area contributed by atoms with Crippen LogP contribution in [0.15, 0.2) is 22.9 Å².